The van der Waals surface area contributed by atoms with E-state index in [1.165, 1.54) is 4.90 Å². The molecule has 27 heavy (non-hydrogen) atoms. The first-order valence-corrected chi connectivity index (χ1v) is 8.65. The van der Waals surface area contributed by atoms with Gasteiger partial charge in [0.2, 0.25) is 11.8 Å². The summed E-state index contributed by atoms with van der Waals surface area (Å²) in [6.45, 7) is 0.495. The van der Waals surface area contributed by atoms with Crippen molar-refractivity contribution in [2.24, 2.45) is 5.73 Å². The Morgan fingerprint density at radius 2 is 2.15 bits per heavy atom. The minimum absolute atomic E-state index is 0.207. The van der Waals surface area contributed by atoms with E-state index in [4.69, 9.17) is 5.73 Å². The van der Waals surface area contributed by atoms with Crippen LogP contribution < -0.4 is 11.1 Å². The van der Waals surface area contributed by atoms with Gasteiger partial charge in [-0.2, -0.15) is 0 Å². The predicted octanol–water partition coefficient (Wildman–Crippen LogP) is 0.675. The minimum Gasteiger partial charge on any atom is -0.450 e. The van der Waals surface area contributed by atoms with Gasteiger partial charge in [0, 0.05) is 30.5 Å². The van der Waals surface area contributed by atoms with Crippen LogP contribution in [0.5, 0.6) is 0 Å². The quantitative estimate of drug-likeness (QED) is 0.459. The van der Waals surface area contributed by atoms with Gasteiger partial charge in [0.15, 0.2) is 0 Å². The minimum atomic E-state index is -0.809. The zero-order valence-electron chi connectivity index (χ0n) is 14.6. The number of hydrogen-bond acceptors (Lipinski definition) is 5. The lowest BCUT2D eigenvalue weighted by atomic mass is 10.0. The van der Waals surface area contributed by atoms with E-state index in [2.05, 4.69) is 21.9 Å². The summed E-state index contributed by atoms with van der Waals surface area (Å²) in [5.41, 5.74) is 6.93. The highest BCUT2D eigenvalue weighted by Gasteiger charge is 2.39. The molecule has 1 saturated heterocycles. The van der Waals surface area contributed by atoms with Crippen LogP contribution in [0, 0.1) is 11.8 Å². The number of benzene rings is 1. The number of nitrogens with one attached hydrogen (secondary N) is 1. The van der Waals surface area contributed by atoms with E-state index in [0.717, 1.165) is 11.1 Å². The summed E-state index contributed by atoms with van der Waals surface area (Å²) in [6.07, 6.45) is 0.812. The number of piperidine rings is 1. The van der Waals surface area contributed by atoms with Gasteiger partial charge < -0.3 is 15.4 Å². The van der Waals surface area contributed by atoms with Crippen molar-refractivity contribution in [1.29, 1.82) is 0 Å². The fourth-order valence-electron chi connectivity index (χ4n) is 3.19. The highest BCUT2D eigenvalue weighted by Crippen LogP contribution is 2.29. The van der Waals surface area contributed by atoms with Crippen molar-refractivity contribution in [3.05, 3.63) is 34.9 Å². The summed E-state index contributed by atoms with van der Waals surface area (Å²) < 4.78 is 4.64. The largest absolute Gasteiger partial charge is 0.450 e. The number of imide groups is 1. The smallest absolute Gasteiger partial charge is 0.404 e. The number of primary amides is 1. The van der Waals surface area contributed by atoms with E-state index >= 15 is 0 Å². The van der Waals surface area contributed by atoms with Crippen LogP contribution in [-0.4, -0.2) is 41.4 Å². The molecule has 3 N–H and O–H groups in total. The second-order valence-corrected chi connectivity index (χ2v) is 6.30. The molecule has 1 aromatic rings. The van der Waals surface area contributed by atoms with E-state index in [1.807, 2.05) is 6.07 Å². The van der Waals surface area contributed by atoms with Gasteiger partial charge in [-0.15, -0.1) is 0 Å². The Morgan fingerprint density at radius 3 is 2.89 bits per heavy atom. The first-order valence-electron chi connectivity index (χ1n) is 8.65. The molecule has 2 heterocycles. The zero-order valence-corrected chi connectivity index (χ0v) is 14.6. The highest BCUT2D eigenvalue weighted by atomic mass is 16.5. The average molecular weight is 369 g/mol. The summed E-state index contributed by atoms with van der Waals surface area (Å²) in [6, 6.07) is 4.65. The third-order valence-electron chi connectivity index (χ3n) is 4.50. The van der Waals surface area contributed by atoms with Gasteiger partial charge in [0.05, 0.1) is 6.61 Å². The Kier molecular flexibility index (Phi) is 5.41. The summed E-state index contributed by atoms with van der Waals surface area (Å²) in [5, 5.41) is 2.29. The van der Waals surface area contributed by atoms with Crippen LogP contribution in [0.15, 0.2) is 18.2 Å². The second kappa shape index (κ2) is 7.91. The molecule has 2 aliphatic rings. The molecule has 0 bridgehead atoms. The number of amides is 4. The molecule has 2 aliphatic heterocycles. The van der Waals surface area contributed by atoms with E-state index in [0.29, 0.717) is 24.8 Å². The van der Waals surface area contributed by atoms with Crippen LogP contribution >= 0.6 is 0 Å². The van der Waals surface area contributed by atoms with Gasteiger partial charge in [0.1, 0.15) is 6.04 Å². The molecule has 8 heteroatoms. The monoisotopic (exact) mass is 369 g/mol. The van der Waals surface area contributed by atoms with Gasteiger partial charge in [-0.3, -0.25) is 19.7 Å². The lowest BCUT2D eigenvalue weighted by Crippen LogP contribution is -2.52. The van der Waals surface area contributed by atoms with Crippen LogP contribution in [0.3, 0.4) is 0 Å². The fraction of sp³-hybridized carbons (Fsp3) is 0.368. The molecule has 1 atom stereocenters. The molecule has 140 valence electrons. The highest BCUT2D eigenvalue weighted by molar-refractivity contribution is 6.05. The van der Waals surface area contributed by atoms with E-state index in [9.17, 15) is 19.2 Å². The third-order valence-corrected chi connectivity index (χ3v) is 4.50. The van der Waals surface area contributed by atoms with Crippen molar-refractivity contribution >= 4 is 23.8 Å². The Bertz CT molecular complexity index is 868. The number of nitrogens with two attached hydrogens (primary N) is 1. The molecular formula is C19H19N3O5. The topological polar surface area (TPSA) is 119 Å². The van der Waals surface area contributed by atoms with E-state index in [1.54, 1.807) is 12.1 Å². The average Bonchev–Trinajstić information content (AvgIpc) is 2.95. The fourth-order valence-corrected chi connectivity index (χ4v) is 3.19. The number of unbranched alkanes of at least 4 members (excludes halogenated alkanes) is 1. The maximum atomic E-state index is 12.7. The molecule has 0 radical (unpaired) electrons. The third kappa shape index (κ3) is 4.08. The number of carbonyl (C=O) groups excluding carboxylic acids is 4. The van der Waals surface area contributed by atoms with Crippen molar-refractivity contribution in [1.82, 2.24) is 10.2 Å². The van der Waals surface area contributed by atoms with E-state index in [-0.39, 0.29) is 31.4 Å². The molecule has 4 amide bonds. The summed E-state index contributed by atoms with van der Waals surface area (Å²) in [5.74, 6) is 5.06. The SMILES string of the molecule is NC(=O)OCCCC#Cc1cccc2c1CN(C1CCC(=O)NC1=O)C2=O. The summed E-state index contributed by atoms with van der Waals surface area (Å²) in [7, 11) is 0. The molecule has 0 aromatic heterocycles. The molecule has 1 aromatic carbocycles. The second-order valence-electron chi connectivity index (χ2n) is 6.30. The number of nitrogens with zero attached hydrogens (tertiary/aromatic N) is 1. The first kappa shape index (κ1) is 18.5. The van der Waals surface area contributed by atoms with Crippen LogP contribution in [0.1, 0.15) is 47.2 Å². The van der Waals surface area contributed by atoms with Crippen molar-refractivity contribution in [3.8, 4) is 11.8 Å². The number of hydrogen-bond donors (Lipinski definition) is 2. The normalized spacial score (nSPS) is 18.4. The molecule has 1 unspecified atom stereocenters. The van der Waals surface area contributed by atoms with Gasteiger partial charge in [-0.25, -0.2) is 4.79 Å². The first-order chi connectivity index (χ1) is 13.0. The molecular weight excluding hydrogens is 350 g/mol. The lowest BCUT2D eigenvalue weighted by Gasteiger charge is -2.29. The Balaban J connectivity index is 1.70. The van der Waals surface area contributed by atoms with Crippen molar-refractivity contribution in [3.63, 3.8) is 0 Å². The number of fused-ring (bicyclic) bond motifs is 1. The van der Waals surface area contributed by atoms with Gasteiger partial charge in [0.25, 0.3) is 5.91 Å². The maximum Gasteiger partial charge on any atom is 0.404 e. The van der Waals surface area contributed by atoms with Crippen molar-refractivity contribution < 1.29 is 23.9 Å². The molecule has 1 fully saturated rings. The van der Waals surface area contributed by atoms with Gasteiger partial charge >= 0.3 is 6.09 Å². The number of carbonyl (C=O) groups is 4. The summed E-state index contributed by atoms with van der Waals surface area (Å²) in [4.78, 5) is 48.1. The van der Waals surface area contributed by atoms with Crippen LogP contribution in [-0.2, 0) is 20.9 Å². The van der Waals surface area contributed by atoms with Crippen LogP contribution in [0.4, 0.5) is 4.79 Å². The Morgan fingerprint density at radius 1 is 1.33 bits per heavy atom. The molecule has 0 spiro atoms. The predicted molar refractivity (Wildman–Crippen MR) is 94.1 cm³/mol. The maximum absolute atomic E-state index is 12.7. The van der Waals surface area contributed by atoms with Crippen molar-refractivity contribution in [2.75, 3.05) is 6.61 Å². The standard InChI is InChI=1S/C19H19N3O5/c20-19(26)27-10-3-1-2-5-12-6-4-7-13-14(12)11-22(18(13)25)15-8-9-16(23)21-17(15)24/h4,6-7,15H,1,3,8-11H2,(H2,20,26)(H,21,23,24). The van der Waals surface area contributed by atoms with Crippen molar-refractivity contribution in [2.45, 2.75) is 38.3 Å². The Labute approximate surface area is 156 Å². The molecule has 3 rings (SSSR count). The zero-order chi connectivity index (χ0) is 19.4. The lowest BCUT2D eigenvalue weighted by molar-refractivity contribution is -0.136. The van der Waals surface area contributed by atoms with E-state index < -0.39 is 18.0 Å². The molecule has 0 saturated carbocycles. The van der Waals surface area contributed by atoms with Gasteiger partial charge in [-0.05, 0) is 30.5 Å². The van der Waals surface area contributed by atoms with Crippen LogP contribution in [0.25, 0.3) is 0 Å². The molecule has 0 aliphatic carbocycles. The van der Waals surface area contributed by atoms with Crippen LogP contribution in [0.2, 0.25) is 0 Å². The Hall–Kier alpha value is -3.34. The number of rotatable bonds is 4. The summed E-state index contributed by atoms with van der Waals surface area (Å²) >= 11 is 0. The molecule has 8 nitrogen and oxygen atoms in total. The number of ether oxygens (including phenoxy) is 1. The van der Waals surface area contributed by atoms with Gasteiger partial charge in [-0.1, -0.05) is 17.9 Å².